The first-order valence-electron chi connectivity index (χ1n) is 7.52. The summed E-state index contributed by atoms with van der Waals surface area (Å²) in [6.45, 7) is 2.48. The molecule has 0 spiro atoms. The van der Waals surface area contributed by atoms with E-state index in [9.17, 15) is 14.7 Å². The minimum absolute atomic E-state index is 0.284. The van der Waals surface area contributed by atoms with E-state index in [0.29, 0.717) is 18.7 Å². The normalized spacial score (nSPS) is 29.3. The topological polar surface area (TPSA) is 84.9 Å². The summed E-state index contributed by atoms with van der Waals surface area (Å²) >= 11 is 0. The van der Waals surface area contributed by atoms with Crippen LogP contribution < -0.4 is 10.1 Å². The summed E-state index contributed by atoms with van der Waals surface area (Å²) in [6.07, 6.45) is 0.844. The third kappa shape index (κ3) is 2.66. The van der Waals surface area contributed by atoms with Crippen molar-refractivity contribution in [2.75, 3.05) is 11.9 Å². The minimum atomic E-state index is -0.959. The van der Waals surface area contributed by atoms with E-state index in [1.807, 2.05) is 6.92 Å². The number of benzene rings is 1. The first kappa shape index (κ1) is 14.8. The number of aliphatic carboxylic acids is 1. The Morgan fingerprint density at radius 2 is 1.86 bits per heavy atom. The van der Waals surface area contributed by atoms with E-state index in [1.54, 1.807) is 24.3 Å². The highest BCUT2D eigenvalue weighted by Crippen LogP contribution is 2.44. The van der Waals surface area contributed by atoms with E-state index in [2.05, 4.69) is 5.32 Å². The zero-order valence-electron chi connectivity index (χ0n) is 12.3. The van der Waals surface area contributed by atoms with Crippen molar-refractivity contribution in [3.8, 4) is 5.75 Å². The van der Waals surface area contributed by atoms with Crippen LogP contribution in [-0.2, 0) is 14.3 Å². The van der Waals surface area contributed by atoms with Gasteiger partial charge in [0.2, 0.25) is 5.91 Å². The van der Waals surface area contributed by atoms with Crippen LogP contribution in [0.4, 0.5) is 5.69 Å². The number of ether oxygens (including phenoxy) is 2. The summed E-state index contributed by atoms with van der Waals surface area (Å²) in [5.74, 6) is -1.89. The van der Waals surface area contributed by atoms with Gasteiger partial charge in [-0.05, 0) is 44.0 Å². The van der Waals surface area contributed by atoms with E-state index in [1.165, 1.54) is 0 Å². The van der Waals surface area contributed by atoms with Crippen LogP contribution in [0.15, 0.2) is 24.3 Å². The third-order valence-electron chi connectivity index (χ3n) is 4.29. The molecule has 0 radical (unpaired) electrons. The molecule has 2 aliphatic heterocycles. The smallest absolute Gasteiger partial charge is 0.310 e. The molecule has 0 aromatic heterocycles. The molecule has 2 aliphatic rings. The molecule has 118 valence electrons. The van der Waals surface area contributed by atoms with Gasteiger partial charge in [-0.25, -0.2) is 0 Å². The maximum Gasteiger partial charge on any atom is 0.310 e. The van der Waals surface area contributed by atoms with Gasteiger partial charge in [0.15, 0.2) is 0 Å². The van der Waals surface area contributed by atoms with Gasteiger partial charge in [0.05, 0.1) is 30.7 Å². The summed E-state index contributed by atoms with van der Waals surface area (Å²) in [5, 5.41) is 12.1. The zero-order chi connectivity index (χ0) is 15.7. The third-order valence-corrected chi connectivity index (χ3v) is 4.29. The highest BCUT2D eigenvalue weighted by molar-refractivity contribution is 5.96. The average Bonchev–Trinajstić information content (AvgIpc) is 3.10. The zero-order valence-corrected chi connectivity index (χ0v) is 12.3. The molecule has 2 N–H and O–H groups in total. The van der Waals surface area contributed by atoms with Crippen molar-refractivity contribution in [3.63, 3.8) is 0 Å². The van der Waals surface area contributed by atoms with Crippen LogP contribution in [0, 0.1) is 11.8 Å². The van der Waals surface area contributed by atoms with Crippen molar-refractivity contribution >= 4 is 17.6 Å². The van der Waals surface area contributed by atoms with E-state index >= 15 is 0 Å². The van der Waals surface area contributed by atoms with Crippen molar-refractivity contribution in [1.29, 1.82) is 0 Å². The van der Waals surface area contributed by atoms with Gasteiger partial charge in [-0.1, -0.05) is 0 Å². The SMILES string of the molecule is CCOc1ccc(NC(=O)[C@H]2[C@@H](C(=O)O)[C@@H]3CC[C@H]2O3)cc1. The van der Waals surface area contributed by atoms with Gasteiger partial charge in [0, 0.05) is 5.69 Å². The Hall–Kier alpha value is -2.08. The molecule has 22 heavy (non-hydrogen) atoms. The molecule has 0 saturated carbocycles. The fourth-order valence-electron chi connectivity index (χ4n) is 3.35. The van der Waals surface area contributed by atoms with E-state index < -0.39 is 17.8 Å². The molecule has 0 aliphatic carbocycles. The fraction of sp³-hybridized carbons (Fsp3) is 0.500. The van der Waals surface area contributed by atoms with Crippen molar-refractivity contribution < 1.29 is 24.2 Å². The molecular weight excluding hydrogens is 286 g/mol. The molecule has 2 heterocycles. The summed E-state index contributed by atoms with van der Waals surface area (Å²) in [5.41, 5.74) is 0.625. The molecule has 1 aromatic carbocycles. The molecule has 1 amide bonds. The summed E-state index contributed by atoms with van der Waals surface area (Å²) < 4.78 is 11.0. The molecule has 2 bridgehead atoms. The van der Waals surface area contributed by atoms with Crippen LogP contribution in [0.3, 0.4) is 0 Å². The van der Waals surface area contributed by atoms with Crippen LogP contribution in [0.1, 0.15) is 19.8 Å². The Labute approximate surface area is 128 Å². The van der Waals surface area contributed by atoms with E-state index in [-0.39, 0.29) is 18.1 Å². The lowest BCUT2D eigenvalue weighted by Crippen LogP contribution is -2.40. The highest BCUT2D eigenvalue weighted by Gasteiger charge is 2.55. The first-order valence-corrected chi connectivity index (χ1v) is 7.52. The Balaban J connectivity index is 1.69. The lowest BCUT2D eigenvalue weighted by Gasteiger charge is -2.23. The standard InChI is InChI=1S/C16H19NO5/c1-2-21-10-5-3-9(4-6-10)17-15(18)13-11-7-8-12(22-11)14(13)16(19)20/h3-6,11-14H,2,7-8H2,1H3,(H,17,18)(H,19,20)/t11-,12+,13-,14+/m1/s1. The van der Waals surface area contributed by atoms with Gasteiger partial charge >= 0.3 is 5.97 Å². The Kier molecular flexibility index (Phi) is 4.02. The molecular formula is C16H19NO5. The number of carboxylic acid groups (broad SMARTS) is 1. The number of nitrogens with one attached hydrogen (secondary N) is 1. The predicted molar refractivity (Wildman–Crippen MR) is 78.8 cm³/mol. The molecule has 2 saturated heterocycles. The molecule has 1 aromatic rings. The van der Waals surface area contributed by atoms with E-state index in [4.69, 9.17) is 9.47 Å². The number of hydrogen-bond acceptors (Lipinski definition) is 4. The van der Waals surface area contributed by atoms with Crippen molar-refractivity contribution in [3.05, 3.63) is 24.3 Å². The first-order chi connectivity index (χ1) is 10.6. The maximum atomic E-state index is 12.4. The quantitative estimate of drug-likeness (QED) is 0.868. The molecule has 2 fully saturated rings. The minimum Gasteiger partial charge on any atom is -0.494 e. The van der Waals surface area contributed by atoms with Crippen molar-refractivity contribution in [1.82, 2.24) is 0 Å². The van der Waals surface area contributed by atoms with Crippen LogP contribution in [0.25, 0.3) is 0 Å². The highest BCUT2D eigenvalue weighted by atomic mass is 16.5. The number of rotatable bonds is 5. The van der Waals surface area contributed by atoms with Gasteiger partial charge in [-0.15, -0.1) is 0 Å². The van der Waals surface area contributed by atoms with Crippen LogP contribution in [-0.4, -0.2) is 35.8 Å². The van der Waals surface area contributed by atoms with Crippen LogP contribution >= 0.6 is 0 Å². The van der Waals surface area contributed by atoms with Gasteiger partial charge in [0.1, 0.15) is 5.75 Å². The van der Waals surface area contributed by atoms with Gasteiger partial charge in [-0.2, -0.15) is 0 Å². The molecule has 3 rings (SSSR count). The van der Waals surface area contributed by atoms with Crippen LogP contribution in [0.2, 0.25) is 0 Å². The fourth-order valence-corrected chi connectivity index (χ4v) is 3.35. The second-order valence-electron chi connectivity index (χ2n) is 5.63. The predicted octanol–water partition coefficient (Wildman–Crippen LogP) is 1.90. The summed E-state index contributed by atoms with van der Waals surface area (Å²) in [7, 11) is 0. The monoisotopic (exact) mass is 305 g/mol. The number of carbonyl (C=O) groups is 2. The van der Waals surface area contributed by atoms with Gasteiger partial charge < -0.3 is 19.9 Å². The lowest BCUT2D eigenvalue weighted by molar-refractivity contribution is -0.147. The number of amides is 1. The Bertz CT molecular complexity index is 570. The van der Waals surface area contributed by atoms with Crippen LogP contribution in [0.5, 0.6) is 5.75 Å². The van der Waals surface area contributed by atoms with E-state index in [0.717, 1.165) is 12.2 Å². The second-order valence-corrected chi connectivity index (χ2v) is 5.63. The number of fused-ring (bicyclic) bond motifs is 2. The number of hydrogen-bond donors (Lipinski definition) is 2. The number of carbonyl (C=O) groups excluding carboxylic acids is 1. The summed E-state index contributed by atoms with van der Waals surface area (Å²) in [4.78, 5) is 23.8. The Morgan fingerprint density at radius 1 is 1.23 bits per heavy atom. The molecule has 6 nitrogen and oxygen atoms in total. The lowest BCUT2D eigenvalue weighted by atomic mass is 9.78. The van der Waals surface area contributed by atoms with Crippen molar-refractivity contribution in [2.24, 2.45) is 11.8 Å². The number of anilines is 1. The second kappa shape index (κ2) is 5.96. The summed E-state index contributed by atoms with van der Waals surface area (Å²) in [6, 6.07) is 7.02. The number of carboxylic acids is 1. The largest absolute Gasteiger partial charge is 0.494 e. The molecule has 6 heteroatoms. The average molecular weight is 305 g/mol. The molecule has 4 atom stereocenters. The van der Waals surface area contributed by atoms with Gasteiger partial charge in [0.25, 0.3) is 0 Å². The van der Waals surface area contributed by atoms with Gasteiger partial charge in [-0.3, -0.25) is 9.59 Å². The molecule has 0 unspecified atom stereocenters. The Morgan fingerprint density at radius 3 is 2.45 bits per heavy atom. The maximum absolute atomic E-state index is 12.4. The van der Waals surface area contributed by atoms with Crippen molar-refractivity contribution in [2.45, 2.75) is 32.0 Å².